The number of para-hydroxylation sites is 2. The summed E-state index contributed by atoms with van der Waals surface area (Å²) in [6.45, 7) is 3.48. The van der Waals surface area contributed by atoms with Crippen molar-refractivity contribution in [3.05, 3.63) is 71.5 Å². The smallest absolute Gasteiger partial charge is 0.245 e. The van der Waals surface area contributed by atoms with Gasteiger partial charge in [-0.25, -0.2) is 0 Å². The number of amides is 2. The minimum atomic E-state index is -0.112. The maximum absolute atomic E-state index is 13.8. The Balaban J connectivity index is 1.38. The zero-order chi connectivity index (χ0) is 22.8. The Morgan fingerprint density at radius 3 is 2.39 bits per heavy atom. The standard InChI is InChI=1S/C26H29N5O2/c1-18(32)28-22-15-27-29-26(22)21-9-6-14-30(16-21)17-25(33)31-23-10-4-2-7-19(23)12-13-20-8-3-5-11-24(20)31/h2-5,7-8,10-11,15,21H,6,9,12-14,16-17H2,1H3,(H,27,29)(H,28,32). The quantitative estimate of drug-likeness (QED) is 0.638. The van der Waals surface area contributed by atoms with E-state index in [-0.39, 0.29) is 17.7 Å². The Kier molecular flexibility index (Phi) is 5.96. The van der Waals surface area contributed by atoms with Crippen LogP contribution in [-0.2, 0) is 22.4 Å². The van der Waals surface area contributed by atoms with Crippen molar-refractivity contribution in [2.24, 2.45) is 0 Å². The average molecular weight is 444 g/mol. The zero-order valence-electron chi connectivity index (χ0n) is 18.9. The van der Waals surface area contributed by atoms with Crippen LogP contribution >= 0.6 is 0 Å². The van der Waals surface area contributed by atoms with E-state index in [9.17, 15) is 9.59 Å². The summed E-state index contributed by atoms with van der Waals surface area (Å²) in [6.07, 6.45) is 5.49. The monoisotopic (exact) mass is 443 g/mol. The number of likely N-dealkylation sites (tertiary alicyclic amines) is 1. The van der Waals surface area contributed by atoms with Crippen molar-refractivity contribution in [3.63, 3.8) is 0 Å². The highest BCUT2D eigenvalue weighted by Crippen LogP contribution is 2.36. The van der Waals surface area contributed by atoms with Gasteiger partial charge in [0.05, 0.1) is 35.5 Å². The Morgan fingerprint density at radius 2 is 1.73 bits per heavy atom. The van der Waals surface area contributed by atoms with Crippen LogP contribution in [0, 0.1) is 0 Å². The number of nitrogens with one attached hydrogen (secondary N) is 2. The number of rotatable bonds is 4. The van der Waals surface area contributed by atoms with Crippen molar-refractivity contribution < 1.29 is 9.59 Å². The van der Waals surface area contributed by atoms with Crippen LogP contribution in [0.25, 0.3) is 0 Å². The topological polar surface area (TPSA) is 81.3 Å². The average Bonchev–Trinajstić information content (AvgIpc) is 3.19. The second-order valence-corrected chi connectivity index (χ2v) is 8.94. The molecule has 0 radical (unpaired) electrons. The molecule has 33 heavy (non-hydrogen) atoms. The number of aromatic amines is 1. The van der Waals surface area contributed by atoms with E-state index in [1.807, 2.05) is 29.2 Å². The van der Waals surface area contributed by atoms with E-state index in [1.54, 1.807) is 6.20 Å². The van der Waals surface area contributed by atoms with Crippen molar-refractivity contribution in [1.82, 2.24) is 15.1 Å². The molecule has 0 saturated carbocycles. The highest BCUT2D eigenvalue weighted by molar-refractivity contribution is 6.03. The van der Waals surface area contributed by atoms with E-state index in [4.69, 9.17) is 0 Å². The van der Waals surface area contributed by atoms with Gasteiger partial charge in [-0.3, -0.25) is 24.5 Å². The van der Waals surface area contributed by atoms with Gasteiger partial charge in [0.2, 0.25) is 11.8 Å². The van der Waals surface area contributed by atoms with Gasteiger partial charge in [0.1, 0.15) is 0 Å². The first-order chi connectivity index (χ1) is 16.1. The molecule has 1 fully saturated rings. The number of fused-ring (bicyclic) bond motifs is 2. The molecule has 0 spiro atoms. The first-order valence-corrected chi connectivity index (χ1v) is 11.6. The van der Waals surface area contributed by atoms with Crippen LogP contribution in [0.3, 0.4) is 0 Å². The Morgan fingerprint density at radius 1 is 1.06 bits per heavy atom. The lowest BCUT2D eigenvalue weighted by molar-refractivity contribution is -0.119. The first kappa shape index (κ1) is 21.4. The molecule has 0 aliphatic carbocycles. The molecule has 0 bridgehead atoms. The highest BCUT2D eigenvalue weighted by Gasteiger charge is 2.30. The molecular weight excluding hydrogens is 414 g/mol. The van der Waals surface area contributed by atoms with E-state index in [0.717, 1.165) is 61.5 Å². The molecule has 2 amide bonds. The number of carbonyl (C=O) groups excluding carboxylic acids is 2. The summed E-state index contributed by atoms with van der Waals surface area (Å²) in [5.41, 5.74) is 6.06. The second-order valence-electron chi connectivity index (χ2n) is 8.94. The van der Waals surface area contributed by atoms with Crippen LogP contribution in [0.5, 0.6) is 0 Å². The third kappa shape index (κ3) is 4.41. The van der Waals surface area contributed by atoms with Gasteiger partial charge in [-0.15, -0.1) is 0 Å². The molecule has 2 aromatic carbocycles. The van der Waals surface area contributed by atoms with Crippen LogP contribution in [0.4, 0.5) is 17.1 Å². The van der Waals surface area contributed by atoms with Crippen LogP contribution in [-0.4, -0.2) is 46.5 Å². The van der Waals surface area contributed by atoms with Gasteiger partial charge in [0.15, 0.2) is 0 Å². The molecule has 1 aromatic heterocycles. The van der Waals surface area contributed by atoms with Gasteiger partial charge < -0.3 is 5.32 Å². The predicted octanol–water partition coefficient (Wildman–Crippen LogP) is 4.01. The van der Waals surface area contributed by atoms with Gasteiger partial charge in [0.25, 0.3) is 0 Å². The normalized spacial score (nSPS) is 18.2. The van der Waals surface area contributed by atoms with Crippen molar-refractivity contribution in [1.29, 1.82) is 0 Å². The fourth-order valence-electron chi connectivity index (χ4n) is 5.14. The summed E-state index contributed by atoms with van der Waals surface area (Å²) in [6, 6.07) is 16.5. The van der Waals surface area contributed by atoms with Crippen LogP contribution in [0.1, 0.15) is 42.5 Å². The number of carbonyl (C=O) groups is 2. The summed E-state index contributed by atoms with van der Waals surface area (Å²) in [5.74, 6) is 0.169. The van der Waals surface area contributed by atoms with E-state index in [0.29, 0.717) is 6.54 Å². The largest absolute Gasteiger partial charge is 0.323 e. The molecule has 5 rings (SSSR count). The third-order valence-corrected chi connectivity index (χ3v) is 6.63. The molecular formula is C26H29N5O2. The number of aryl methyl sites for hydroxylation is 2. The van der Waals surface area contributed by atoms with E-state index in [2.05, 4.69) is 44.7 Å². The van der Waals surface area contributed by atoms with E-state index < -0.39 is 0 Å². The van der Waals surface area contributed by atoms with E-state index >= 15 is 0 Å². The lowest BCUT2D eigenvalue weighted by atomic mass is 9.94. The summed E-state index contributed by atoms with van der Waals surface area (Å²) in [5, 5.41) is 10.1. The van der Waals surface area contributed by atoms with E-state index in [1.165, 1.54) is 18.1 Å². The van der Waals surface area contributed by atoms with Gasteiger partial charge >= 0.3 is 0 Å². The fraction of sp³-hybridized carbons (Fsp3) is 0.346. The van der Waals surface area contributed by atoms with Gasteiger partial charge in [0, 0.05) is 19.4 Å². The Labute approximate surface area is 193 Å². The first-order valence-electron chi connectivity index (χ1n) is 11.6. The van der Waals surface area contributed by atoms with Gasteiger partial charge in [-0.2, -0.15) is 5.10 Å². The zero-order valence-corrected chi connectivity index (χ0v) is 18.9. The summed E-state index contributed by atoms with van der Waals surface area (Å²) in [7, 11) is 0. The number of nitrogens with zero attached hydrogens (tertiary/aromatic N) is 3. The number of benzene rings is 2. The van der Waals surface area contributed by atoms with Crippen LogP contribution < -0.4 is 10.2 Å². The number of aromatic nitrogens is 2. The minimum Gasteiger partial charge on any atom is -0.323 e. The van der Waals surface area contributed by atoms with Crippen molar-refractivity contribution in [3.8, 4) is 0 Å². The van der Waals surface area contributed by atoms with Crippen molar-refractivity contribution in [2.45, 2.75) is 38.5 Å². The third-order valence-electron chi connectivity index (χ3n) is 6.63. The molecule has 1 atom stereocenters. The molecule has 3 aromatic rings. The van der Waals surface area contributed by atoms with Crippen molar-refractivity contribution >= 4 is 28.9 Å². The molecule has 1 unspecified atom stereocenters. The maximum atomic E-state index is 13.8. The lowest BCUT2D eigenvalue weighted by Gasteiger charge is -2.34. The Bertz CT molecular complexity index is 1120. The Hall–Kier alpha value is -3.45. The summed E-state index contributed by atoms with van der Waals surface area (Å²) < 4.78 is 0. The molecule has 1 saturated heterocycles. The number of anilines is 3. The number of H-pyrrole nitrogens is 1. The lowest BCUT2D eigenvalue weighted by Crippen LogP contribution is -2.42. The molecule has 7 nitrogen and oxygen atoms in total. The minimum absolute atomic E-state index is 0.0872. The molecule has 2 aliphatic rings. The molecule has 170 valence electrons. The van der Waals surface area contributed by atoms with Gasteiger partial charge in [-0.05, 0) is 55.5 Å². The van der Waals surface area contributed by atoms with Crippen LogP contribution in [0.2, 0.25) is 0 Å². The van der Waals surface area contributed by atoms with Crippen LogP contribution in [0.15, 0.2) is 54.7 Å². The molecule has 2 aliphatic heterocycles. The highest BCUT2D eigenvalue weighted by atomic mass is 16.2. The fourth-order valence-corrected chi connectivity index (χ4v) is 5.14. The number of piperidine rings is 1. The predicted molar refractivity (Wildman–Crippen MR) is 129 cm³/mol. The summed E-state index contributed by atoms with van der Waals surface area (Å²) in [4.78, 5) is 29.4. The molecule has 2 N–H and O–H groups in total. The van der Waals surface area contributed by atoms with Crippen molar-refractivity contribution in [2.75, 3.05) is 29.9 Å². The maximum Gasteiger partial charge on any atom is 0.245 e. The van der Waals surface area contributed by atoms with Gasteiger partial charge in [-0.1, -0.05) is 36.4 Å². The summed E-state index contributed by atoms with van der Waals surface area (Å²) >= 11 is 0. The second kappa shape index (κ2) is 9.19. The SMILES string of the molecule is CC(=O)Nc1cn[nH]c1C1CCCN(CC(=O)N2c3ccccc3CCc3ccccc32)C1. The molecule has 7 heteroatoms. The number of hydrogen-bond donors (Lipinski definition) is 2. The molecule has 3 heterocycles. The number of hydrogen-bond acceptors (Lipinski definition) is 4.